The molecule has 0 saturated heterocycles. The van der Waals surface area contributed by atoms with Gasteiger partial charge in [-0.3, -0.25) is 20.9 Å². The molecule has 0 aromatic heterocycles. The van der Waals surface area contributed by atoms with E-state index >= 15 is 0 Å². The number of nitrogens with one attached hydrogen (secondary N) is 3. The first kappa shape index (κ1) is 25.2. The fraction of sp³-hybridized carbons (Fsp3) is 0.259. The first-order valence-corrected chi connectivity index (χ1v) is 11.9. The van der Waals surface area contributed by atoms with Gasteiger partial charge in [-0.25, -0.2) is 0 Å². The van der Waals surface area contributed by atoms with Crippen molar-refractivity contribution in [3.05, 3.63) is 83.4 Å². The molecule has 4 rings (SSSR count). The van der Waals surface area contributed by atoms with E-state index in [1.54, 1.807) is 42.5 Å². The molecule has 0 heterocycles. The van der Waals surface area contributed by atoms with Gasteiger partial charge >= 0.3 is 0 Å². The molecular formula is C27H31N5O4. The second-order valence-corrected chi connectivity index (χ2v) is 8.84. The highest BCUT2D eigenvalue weighted by molar-refractivity contribution is 5.96. The highest BCUT2D eigenvalue weighted by atomic mass is 16.5. The van der Waals surface area contributed by atoms with E-state index in [4.69, 9.17) is 31.6 Å². The molecule has 8 N–H and O–H groups in total. The van der Waals surface area contributed by atoms with Gasteiger partial charge in [0.1, 0.15) is 28.8 Å². The van der Waals surface area contributed by atoms with Gasteiger partial charge in [-0.15, -0.1) is 0 Å². The maximum absolute atomic E-state index is 13.1. The van der Waals surface area contributed by atoms with Gasteiger partial charge in [0.05, 0.1) is 0 Å². The molecule has 0 unspecified atom stereocenters. The summed E-state index contributed by atoms with van der Waals surface area (Å²) in [4.78, 5) is 13.1. The molecule has 0 aliphatic heterocycles. The van der Waals surface area contributed by atoms with E-state index in [9.17, 15) is 4.79 Å². The summed E-state index contributed by atoms with van der Waals surface area (Å²) in [6, 6.07) is 19.4. The zero-order valence-electron chi connectivity index (χ0n) is 19.9. The molecule has 0 spiro atoms. The molecule has 0 radical (unpaired) electrons. The summed E-state index contributed by atoms with van der Waals surface area (Å²) in [6.07, 6.45) is 3.48. The fourth-order valence-electron chi connectivity index (χ4n) is 4.07. The molecule has 188 valence electrons. The summed E-state index contributed by atoms with van der Waals surface area (Å²) >= 11 is 0. The van der Waals surface area contributed by atoms with Crippen molar-refractivity contribution < 1.29 is 19.5 Å². The van der Waals surface area contributed by atoms with Crippen molar-refractivity contribution in [3.63, 3.8) is 0 Å². The Labute approximate surface area is 209 Å². The highest BCUT2D eigenvalue weighted by Crippen LogP contribution is 2.31. The van der Waals surface area contributed by atoms with Crippen molar-refractivity contribution >= 4 is 11.7 Å². The predicted molar refractivity (Wildman–Crippen MR) is 137 cm³/mol. The molecule has 3 aromatic rings. The van der Waals surface area contributed by atoms with E-state index in [0.717, 1.165) is 31.2 Å². The second kappa shape index (κ2) is 11.7. The number of amidine groups is 1. The Morgan fingerprint density at radius 3 is 1.94 bits per heavy atom. The van der Waals surface area contributed by atoms with E-state index in [1.165, 1.54) is 0 Å². The molecule has 1 saturated carbocycles. The Morgan fingerprint density at radius 2 is 1.42 bits per heavy atom. The van der Waals surface area contributed by atoms with Gasteiger partial charge in [0, 0.05) is 35.8 Å². The minimum Gasteiger partial charge on any atom is -0.457 e. The smallest absolute Gasteiger partial charge is 0.251 e. The van der Waals surface area contributed by atoms with Crippen molar-refractivity contribution in [2.24, 2.45) is 11.5 Å². The monoisotopic (exact) mass is 489 g/mol. The lowest BCUT2D eigenvalue weighted by molar-refractivity contribution is 0.0925. The third-order valence-electron chi connectivity index (χ3n) is 6.13. The SMILES string of the molecule is N=C(NO)c1ccc(Oc2cc(Oc3ccc(CN)cc3)cc(C(=O)NC3CCC(N)CC3)c2)cc1. The van der Waals surface area contributed by atoms with Gasteiger partial charge in [0.15, 0.2) is 0 Å². The van der Waals surface area contributed by atoms with Crippen LogP contribution < -0.4 is 31.7 Å². The van der Waals surface area contributed by atoms with Crippen molar-refractivity contribution in [1.29, 1.82) is 5.41 Å². The predicted octanol–water partition coefficient (Wildman–Crippen LogP) is 4.03. The average molecular weight is 490 g/mol. The minimum absolute atomic E-state index is 0.0815. The number of hydrogen-bond donors (Lipinski definition) is 6. The number of carbonyl (C=O) groups excluding carboxylic acids is 1. The van der Waals surface area contributed by atoms with Gasteiger partial charge in [-0.1, -0.05) is 12.1 Å². The lowest BCUT2D eigenvalue weighted by Crippen LogP contribution is -2.40. The minimum atomic E-state index is -0.206. The van der Waals surface area contributed by atoms with Crippen LogP contribution in [0.4, 0.5) is 0 Å². The summed E-state index contributed by atoms with van der Waals surface area (Å²) in [6.45, 7) is 0.437. The Kier molecular flexibility index (Phi) is 8.17. The molecule has 1 amide bonds. The lowest BCUT2D eigenvalue weighted by atomic mass is 9.91. The molecule has 1 aliphatic rings. The molecule has 36 heavy (non-hydrogen) atoms. The van der Waals surface area contributed by atoms with Gasteiger partial charge < -0.3 is 26.3 Å². The molecule has 0 bridgehead atoms. The van der Waals surface area contributed by atoms with E-state index < -0.39 is 0 Å². The fourth-order valence-corrected chi connectivity index (χ4v) is 4.07. The Bertz CT molecular complexity index is 1190. The van der Waals surface area contributed by atoms with E-state index in [2.05, 4.69) is 5.32 Å². The molecule has 3 aromatic carbocycles. The third kappa shape index (κ3) is 6.60. The van der Waals surface area contributed by atoms with Crippen LogP contribution >= 0.6 is 0 Å². The van der Waals surface area contributed by atoms with Crippen molar-refractivity contribution in [2.45, 2.75) is 44.3 Å². The third-order valence-corrected chi connectivity index (χ3v) is 6.13. The van der Waals surface area contributed by atoms with Gasteiger partial charge in [0.2, 0.25) is 0 Å². The van der Waals surface area contributed by atoms with Gasteiger partial charge in [-0.05, 0) is 79.8 Å². The number of benzene rings is 3. The highest BCUT2D eigenvalue weighted by Gasteiger charge is 2.21. The Balaban J connectivity index is 1.57. The van der Waals surface area contributed by atoms with Crippen LogP contribution in [0.3, 0.4) is 0 Å². The second-order valence-electron chi connectivity index (χ2n) is 8.84. The maximum Gasteiger partial charge on any atom is 0.251 e. The summed E-state index contributed by atoms with van der Waals surface area (Å²) in [7, 11) is 0. The van der Waals surface area contributed by atoms with Crippen LogP contribution in [-0.2, 0) is 6.54 Å². The topological polar surface area (TPSA) is 156 Å². The number of rotatable bonds is 8. The molecule has 0 atom stereocenters. The number of amides is 1. The summed E-state index contributed by atoms with van der Waals surface area (Å²) < 4.78 is 12.0. The van der Waals surface area contributed by atoms with E-state index in [-0.39, 0.29) is 23.8 Å². The van der Waals surface area contributed by atoms with Crippen LogP contribution in [0.5, 0.6) is 23.0 Å². The normalized spacial score (nSPS) is 17.2. The van der Waals surface area contributed by atoms with E-state index in [0.29, 0.717) is 40.7 Å². The van der Waals surface area contributed by atoms with Crippen LogP contribution in [0.1, 0.15) is 47.2 Å². The quantitative estimate of drug-likeness (QED) is 0.158. The van der Waals surface area contributed by atoms with Crippen molar-refractivity contribution in [3.8, 4) is 23.0 Å². The Hall–Kier alpha value is -3.92. The van der Waals surface area contributed by atoms with Gasteiger partial charge in [-0.2, -0.15) is 0 Å². The number of hydrogen-bond acceptors (Lipinski definition) is 7. The lowest BCUT2D eigenvalue weighted by Gasteiger charge is -2.26. The van der Waals surface area contributed by atoms with Crippen molar-refractivity contribution in [1.82, 2.24) is 10.8 Å². The molecule has 9 nitrogen and oxygen atoms in total. The summed E-state index contributed by atoms with van der Waals surface area (Å²) in [5.74, 6) is 1.65. The zero-order valence-corrected chi connectivity index (χ0v) is 19.9. The molecule has 1 aliphatic carbocycles. The summed E-state index contributed by atoms with van der Waals surface area (Å²) in [5.41, 5.74) is 15.4. The van der Waals surface area contributed by atoms with Crippen LogP contribution in [0.25, 0.3) is 0 Å². The summed E-state index contributed by atoms with van der Waals surface area (Å²) in [5, 5.41) is 19.7. The van der Waals surface area contributed by atoms with Crippen LogP contribution in [0.15, 0.2) is 66.7 Å². The van der Waals surface area contributed by atoms with Crippen LogP contribution in [0.2, 0.25) is 0 Å². The van der Waals surface area contributed by atoms with Crippen LogP contribution in [0, 0.1) is 5.41 Å². The maximum atomic E-state index is 13.1. The first-order valence-electron chi connectivity index (χ1n) is 11.9. The largest absolute Gasteiger partial charge is 0.457 e. The number of carbonyl (C=O) groups is 1. The first-order chi connectivity index (χ1) is 17.4. The number of nitrogens with two attached hydrogens (primary N) is 2. The molecule has 9 heteroatoms. The standard InChI is InChI=1S/C27H31N5O4/c28-16-17-1-9-22(10-2-17)35-24-13-19(27(33)31-21-7-5-20(29)6-8-21)14-25(15-24)36-23-11-3-18(4-12-23)26(30)32-34/h1-4,9-15,20-21,34H,5-8,16,28-29H2,(H2,30,32)(H,31,33). The number of ether oxygens (including phenoxy) is 2. The average Bonchev–Trinajstić information content (AvgIpc) is 2.90. The van der Waals surface area contributed by atoms with Crippen molar-refractivity contribution in [2.75, 3.05) is 0 Å². The zero-order chi connectivity index (χ0) is 25.5. The van der Waals surface area contributed by atoms with Gasteiger partial charge in [0.25, 0.3) is 5.91 Å². The number of hydroxylamine groups is 1. The Morgan fingerprint density at radius 1 is 0.861 bits per heavy atom. The van der Waals surface area contributed by atoms with Crippen LogP contribution in [-0.4, -0.2) is 29.0 Å². The van der Waals surface area contributed by atoms with E-state index in [1.807, 2.05) is 29.7 Å². The molecular weight excluding hydrogens is 458 g/mol. The molecule has 1 fully saturated rings.